The molecule has 1 amide bonds. The van der Waals surface area contributed by atoms with E-state index < -0.39 is 0 Å². The van der Waals surface area contributed by atoms with E-state index in [-0.39, 0.29) is 5.91 Å². The van der Waals surface area contributed by atoms with E-state index in [4.69, 9.17) is 0 Å². The normalized spacial score (nSPS) is 10.5. The number of rotatable bonds is 4. The summed E-state index contributed by atoms with van der Waals surface area (Å²) < 4.78 is 0. The molecule has 2 rings (SSSR count). The molecule has 0 atom stereocenters. The zero-order valence-corrected chi connectivity index (χ0v) is 13.1. The number of hydrogen-bond acceptors (Lipinski definition) is 2. The first-order chi connectivity index (χ1) is 9.99. The molecule has 0 bridgehead atoms. The molecule has 0 aliphatic carbocycles. The standard InChI is InChI=1S/C18H22N2O/c1-13(2)16-10-5-6-11-17(16)19-18(21)14-8-7-9-15(12-14)20(3)4/h5-13H,1-4H3,(H,19,21). The van der Waals surface area contributed by atoms with Crippen LogP contribution in [0.4, 0.5) is 11.4 Å². The fourth-order valence-electron chi connectivity index (χ4n) is 2.23. The third-order valence-electron chi connectivity index (χ3n) is 3.46. The summed E-state index contributed by atoms with van der Waals surface area (Å²) in [6.07, 6.45) is 0. The van der Waals surface area contributed by atoms with E-state index in [1.165, 1.54) is 0 Å². The second kappa shape index (κ2) is 6.44. The Bertz CT molecular complexity index is 633. The molecular formula is C18H22N2O. The highest BCUT2D eigenvalue weighted by Gasteiger charge is 2.11. The van der Waals surface area contributed by atoms with E-state index in [1.54, 1.807) is 0 Å². The Hall–Kier alpha value is -2.29. The number of hydrogen-bond donors (Lipinski definition) is 1. The molecule has 2 aromatic rings. The molecule has 0 spiro atoms. The zero-order chi connectivity index (χ0) is 15.4. The maximum Gasteiger partial charge on any atom is 0.255 e. The second-order valence-corrected chi connectivity index (χ2v) is 5.64. The summed E-state index contributed by atoms with van der Waals surface area (Å²) in [5.74, 6) is 0.293. The largest absolute Gasteiger partial charge is 0.378 e. The molecule has 3 heteroatoms. The quantitative estimate of drug-likeness (QED) is 0.914. The first-order valence-corrected chi connectivity index (χ1v) is 7.16. The van der Waals surface area contributed by atoms with Crippen molar-refractivity contribution in [3.8, 4) is 0 Å². The summed E-state index contributed by atoms with van der Waals surface area (Å²) in [7, 11) is 3.93. The van der Waals surface area contributed by atoms with Gasteiger partial charge in [-0.05, 0) is 35.7 Å². The van der Waals surface area contributed by atoms with Gasteiger partial charge in [0, 0.05) is 31.0 Å². The van der Waals surface area contributed by atoms with Crippen molar-refractivity contribution in [1.29, 1.82) is 0 Å². The molecule has 0 aliphatic rings. The summed E-state index contributed by atoms with van der Waals surface area (Å²) in [4.78, 5) is 14.4. The van der Waals surface area contributed by atoms with E-state index in [0.29, 0.717) is 11.5 Å². The van der Waals surface area contributed by atoms with E-state index in [2.05, 4.69) is 25.2 Å². The van der Waals surface area contributed by atoms with Crippen LogP contribution in [-0.4, -0.2) is 20.0 Å². The highest BCUT2D eigenvalue weighted by Crippen LogP contribution is 2.24. The third-order valence-corrected chi connectivity index (χ3v) is 3.46. The van der Waals surface area contributed by atoms with Gasteiger partial charge in [-0.3, -0.25) is 4.79 Å². The number of carbonyl (C=O) groups is 1. The molecule has 2 aromatic carbocycles. The molecule has 0 unspecified atom stereocenters. The lowest BCUT2D eigenvalue weighted by atomic mass is 10.0. The molecule has 0 saturated carbocycles. The molecule has 110 valence electrons. The number of nitrogens with one attached hydrogen (secondary N) is 1. The Kier molecular flexibility index (Phi) is 4.63. The van der Waals surface area contributed by atoms with Gasteiger partial charge in [0.15, 0.2) is 0 Å². The molecule has 0 fully saturated rings. The fourth-order valence-corrected chi connectivity index (χ4v) is 2.23. The average Bonchev–Trinajstić information content (AvgIpc) is 2.47. The van der Waals surface area contributed by atoms with Crippen molar-refractivity contribution in [2.24, 2.45) is 0 Å². The molecule has 0 heterocycles. The van der Waals surface area contributed by atoms with Crippen LogP contribution in [0.25, 0.3) is 0 Å². The topological polar surface area (TPSA) is 32.3 Å². The summed E-state index contributed by atoms with van der Waals surface area (Å²) in [6, 6.07) is 15.6. The predicted octanol–water partition coefficient (Wildman–Crippen LogP) is 4.13. The van der Waals surface area contributed by atoms with Crippen molar-refractivity contribution in [1.82, 2.24) is 0 Å². The molecule has 1 N–H and O–H groups in total. The van der Waals surface area contributed by atoms with Crippen LogP contribution in [0.5, 0.6) is 0 Å². The molecule has 3 nitrogen and oxygen atoms in total. The predicted molar refractivity (Wildman–Crippen MR) is 89.3 cm³/mol. The van der Waals surface area contributed by atoms with Gasteiger partial charge in [-0.25, -0.2) is 0 Å². The van der Waals surface area contributed by atoms with Gasteiger partial charge in [0.1, 0.15) is 0 Å². The lowest BCUT2D eigenvalue weighted by Gasteiger charge is -2.15. The van der Waals surface area contributed by atoms with E-state index >= 15 is 0 Å². The number of amides is 1. The minimum atomic E-state index is -0.0770. The van der Waals surface area contributed by atoms with Crippen molar-refractivity contribution >= 4 is 17.3 Å². The Balaban J connectivity index is 2.24. The molecule has 0 aromatic heterocycles. The first-order valence-electron chi connectivity index (χ1n) is 7.16. The maximum absolute atomic E-state index is 12.4. The van der Waals surface area contributed by atoms with Crippen molar-refractivity contribution < 1.29 is 4.79 Å². The van der Waals surface area contributed by atoms with Crippen molar-refractivity contribution in [3.63, 3.8) is 0 Å². The maximum atomic E-state index is 12.4. The average molecular weight is 282 g/mol. The van der Waals surface area contributed by atoms with Gasteiger partial charge in [0.2, 0.25) is 0 Å². The van der Waals surface area contributed by atoms with E-state index in [9.17, 15) is 4.79 Å². The highest BCUT2D eigenvalue weighted by molar-refractivity contribution is 6.05. The SMILES string of the molecule is CC(C)c1ccccc1NC(=O)c1cccc(N(C)C)c1. The third kappa shape index (κ3) is 3.63. The van der Waals surface area contributed by atoms with Crippen LogP contribution in [0.1, 0.15) is 35.7 Å². The van der Waals surface area contributed by atoms with Crippen LogP contribution in [0.15, 0.2) is 48.5 Å². The minimum Gasteiger partial charge on any atom is -0.378 e. The molecule has 0 radical (unpaired) electrons. The summed E-state index contributed by atoms with van der Waals surface area (Å²) in [6.45, 7) is 4.25. The van der Waals surface area contributed by atoms with Crippen LogP contribution < -0.4 is 10.2 Å². The van der Waals surface area contributed by atoms with Crippen molar-refractivity contribution in [2.75, 3.05) is 24.3 Å². The number of anilines is 2. The van der Waals surface area contributed by atoms with E-state index in [0.717, 1.165) is 16.9 Å². The number of benzene rings is 2. The number of nitrogens with zero attached hydrogens (tertiary/aromatic N) is 1. The van der Waals surface area contributed by atoms with Gasteiger partial charge in [0.05, 0.1) is 0 Å². The Morgan fingerprint density at radius 2 is 1.76 bits per heavy atom. The van der Waals surface area contributed by atoms with Gasteiger partial charge in [-0.2, -0.15) is 0 Å². The minimum absolute atomic E-state index is 0.0770. The Morgan fingerprint density at radius 1 is 1.05 bits per heavy atom. The Labute approximate surface area is 126 Å². The summed E-state index contributed by atoms with van der Waals surface area (Å²) in [5, 5.41) is 3.02. The fraction of sp³-hybridized carbons (Fsp3) is 0.278. The lowest BCUT2D eigenvalue weighted by molar-refractivity contribution is 0.102. The van der Waals surface area contributed by atoms with Gasteiger partial charge >= 0.3 is 0 Å². The van der Waals surface area contributed by atoms with Gasteiger partial charge in [-0.1, -0.05) is 38.1 Å². The van der Waals surface area contributed by atoms with Crippen LogP contribution in [0, 0.1) is 0 Å². The van der Waals surface area contributed by atoms with Gasteiger partial charge in [0.25, 0.3) is 5.91 Å². The van der Waals surface area contributed by atoms with Crippen molar-refractivity contribution in [3.05, 3.63) is 59.7 Å². The monoisotopic (exact) mass is 282 g/mol. The highest BCUT2D eigenvalue weighted by atomic mass is 16.1. The summed E-state index contributed by atoms with van der Waals surface area (Å²) >= 11 is 0. The van der Waals surface area contributed by atoms with Crippen LogP contribution in [0.2, 0.25) is 0 Å². The molecule has 0 aliphatic heterocycles. The van der Waals surface area contributed by atoms with Gasteiger partial charge in [-0.15, -0.1) is 0 Å². The van der Waals surface area contributed by atoms with Crippen LogP contribution >= 0.6 is 0 Å². The number of carbonyl (C=O) groups excluding carboxylic acids is 1. The smallest absolute Gasteiger partial charge is 0.255 e. The lowest BCUT2D eigenvalue weighted by Crippen LogP contribution is -2.15. The van der Waals surface area contributed by atoms with Gasteiger partial charge < -0.3 is 10.2 Å². The molecular weight excluding hydrogens is 260 g/mol. The van der Waals surface area contributed by atoms with Crippen molar-refractivity contribution in [2.45, 2.75) is 19.8 Å². The first kappa shape index (κ1) is 15.1. The summed E-state index contributed by atoms with van der Waals surface area (Å²) in [5.41, 5.74) is 3.71. The second-order valence-electron chi connectivity index (χ2n) is 5.64. The zero-order valence-electron chi connectivity index (χ0n) is 13.1. The van der Waals surface area contributed by atoms with Crippen LogP contribution in [0.3, 0.4) is 0 Å². The Morgan fingerprint density at radius 3 is 2.43 bits per heavy atom. The van der Waals surface area contributed by atoms with Crippen LogP contribution in [-0.2, 0) is 0 Å². The molecule has 0 saturated heterocycles. The molecule has 21 heavy (non-hydrogen) atoms. The number of para-hydroxylation sites is 1. The van der Waals surface area contributed by atoms with E-state index in [1.807, 2.05) is 61.5 Å².